The van der Waals surface area contributed by atoms with Crippen LogP contribution >= 0.6 is 15.9 Å². The molecule has 0 atom stereocenters. The van der Waals surface area contributed by atoms with Crippen molar-refractivity contribution in [1.29, 1.82) is 0 Å². The fourth-order valence-corrected chi connectivity index (χ4v) is 3.86. The molecule has 4 nitrogen and oxygen atoms in total. The minimum atomic E-state index is 0.0728. The summed E-state index contributed by atoms with van der Waals surface area (Å²) in [5, 5.41) is 10.2. The zero-order valence-corrected chi connectivity index (χ0v) is 15.4. The molecule has 23 heavy (non-hydrogen) atoms. The second-order valence-electron chi connectivity index (χ2n) is 6.20. The van der Waals surface area contributed by atoms with E-state index in [0.29, 0.717) is 6.04 Å². The summed E-state index contributed by atoms with van der Waals surface area (Å²) in [7, 11) is 1.00. The predicted octanol–water partition coefficient (Wildman–Crippen LogP) is 3.72. The van der Waals surface area contributed by atoms with Crippen LogP contribution in [-0.2, 0) is 0 Å². The summed E-state index contributed by atoms with van der Waals surface area (Å²) < 4.78 is 0.987. The first-order valence-corrected chi connectivity index (χ1v) is 9.33. The Morgan fingerprint density at radius 3 is 2.39 bits per heavy atom. The van der Waals surface area contributed by atoms with Crippen molar-refractivity contribution in [1.82, 2.24) is 5.32 Å². The van der Waals surface area contributed by atoms with Crippen LogP contribution in [0.1, 0.15) is 55.3 Å². The second-order valence-corrected chi connectivity index (χ2v) is 7.12. The van der Waals surface area contributed by atoms with Crippen LogP contribution in [0, 0.1) is 0 Å². The Kier molecular flexibility index (Phi) is 7.37. The van der Waals surface area contributed by atoms with Crippen molar-refractivity contribution in [2.75, 3.05) is 25.1 Å². The van der Waals surface area contributed by atoms with Gasteiger partial charge in [0.15, 0.2) is 0 Å². The van der Waals surface area contributed by atoms with Crippen LogP contribution in [0.5, 0.6) is 0 Å². The van der Waals surface area contributed by atoms with Crippen LogP contribution in [0.2, 0.25) is 0 Å². The quantitative estimate of drug-likeness (QED) is 0.837. The lowest BCUT2D eigenvalue weighted by Crippen LogP contribution is -2.36. The number of hydrogen-bond donors (Lipinski definition) is 2. The summed E-state index contributed by atoms with van der Waals surface area (Å²) in [5.41, 5.74) is 1.94. The Hall–Kier alpha value is -1.07. The van der Waals surface area contributed by atoms with Crippen LogP contribution in [0.15, 0.2) is 22.7 Å². The summed E-state index contributed by atoms with van der Waals surface area (Å²) in [5.74, 6) is 0.0728. The monoisotopic (exact) mass is 382 g/mol. The first-order chi connectivity index (χ1) is 11.2. The molecule has 1 aliphatic carbocycles. The molecule has 128 valence electrons. The van der Waals surface area contributed by atoms with Crippen molar-refractivity contribution in [3.8, 4) is 0 Å². The molecule has 5 heteroatoms. The van der Waals surface area contributed by atoms with Crippen molar-refractivity contribution in [2.24, 2.45) is 0 Å². The van der Waals surface area contributed by atoms with E-state index in [0.717, 1.165) is 48.8 Å². The predicted molar refractivity (Wildman–Crippen MR) is 98.1 cm³/mol. The third-order valence-electron chi connectivity index (χ3n) is 4.56. The van der Waals surface area contributed by atoms with Gasteiger partial charge in [0, 0.05) is 42.0 Å². The number of carbonyl (C=O) groups excluding carboxylic acids is 1. The molecular weight excluding hydrogens is 356 g/mol. The molecule has 1 saturated carbocycles. The van der Waals surface area contributed by atoms with Gasteiger partial charge in [-0.05, 0) is 43.9 Å². The number of nitrogens with zero attached hydrogens (tertiary/aromatic N) is 1. The van der Waals surface area contributed by atoms with E-state index in [1.165, 1.54) is 32.1 Å². The maximum absolute atomic E-state index is 12.5. The van der Waals surface area contributed by atoms with E-state index in [1.807, 2.05) is 12.1 Å². The first kappa shape index (κ1) is 18.3. The van der Waals surface area contributed by atoms with Gasteiger partial charge in [-0.1, -0.05) is 35.2 Å². The molecule has 1 aromatic rings. The van der Waals surface area contributed by atoms with E-state index >= 15 is 0 Å². The first-order valence-electron chi connectivity index (χ1n) is 8.53. The Balaban J connectivity index is 0.000000924. The number of anilines is 1. The van der Waals surface area contributed by atoms with E-state index in [4.69, 9.17) is 5.11 Å². The van der Waals surface area contributed by atoms with Gasteiger partial charge in [0.2, 0.25) is 0 Å². The van der Waals surface area contributed by atoms with Crippen LogP contribution in [0.25, 0.3) is 0 Å². The van der Waals surface area contributed by atoms with Crippen LogP contribution in [-0.4, -0.2) is 37.3 Å². The minimum absolute atomic E-state index is 0.0728. The molecule has 0 unspecified atom stereocenters. The SMILES string of the molecule is CO.O=C(NC1CCCCC1)c1cc(Br)cc(N2CCCC2)c1. The van der Waals surface area contributed by atoms with E-state index in [-0.39, 0.29) is 5.91 Å². The maximum atomic E-state index is 12.5. The number of amides is 1. The van der Waals surface area contributed by atoms with Crippen molar-refractivity contribution in [3.05, 3.63) is 28.2 Å². The number of benzene rings is 1. The number of rotatable bonds is 3. The fraction of sp³-hybridized carbons (Fsp3) is 0.611. The number of aliphatic hydroxyl groups excluding tert-OH is 1. The summed E-state index contributed by atoms with van der Waals surface area (Å²) in [6.45, 7) is 2.19. The number of halogens is 1. The summed E-state index contributed by atoms with van der Waals surface area (Å²) in [4.78, 5) is 14.8. The van der Waals surface area contributed by atoms with Crippen molar-refractivity contribution in [2.45, 2.75) is 51.0 Å². The lowest BCUT2D eigenvalue weighted by atomic mass is 9.95. The number of aliphatic hydroxyl groups is 1. The van der Waals surface area contributed by atoms with Crippen LogP contribution in [0.3, 0.4) is 0 Å². The van der Waals surface area contributed by atoms with E-state index in [9.17, 15) is 4.79 Å². The minimum Gasteiger partial charge on any atom is -0.400 e. The average Bonchev–Trinajstić information content (AvgIpc) is 3.12. The third-order valence-corrected chi connectivity index (χ3v) is 5.01. The normalized spacial score (nSPS) is 18.3. The largest absolute Gasteiger partial charge is 0.400 e. The van der Waals surface area contributed by atoms with Gasteiger partial charge in [-0.15, -0.1) is 0 Å². The Labute approximate surface area is 147 Å². The van der Waals surface area contributed by atoms with Gasteiger partial charge in [0.05, 0.1) is 0 Å². The number of nitrogens with one attached hydrogen (secondary N) is 1. The molecule has 1 aliphatic heterocycles. The number of carbonyl (C=O) groups is 1. The van der Waals surface area contributed by atoms with Gasteiger partial charge in [-0.3, -0.25) is 4.79 Å². The molecular formula is C18H27BrN2O2. The molecule has 2 aliphatic rings. The third kappa shape index (κ3) is 5.21. The molecule has 0 spiro atoms. The van der Waals surface area contributed by atoms with Gasteiger partial charge in [0.1, 0.15) is 0 Å². The Bertz CT molecular complexity index is 510. The van der Waals surface area contributed by atoms with Gasteiger partial charge in [-0.2, -0.15) is 0 Å². The highest BCUT2D eigenvalue weighted by Gasteiger charge is 2.19. The second kappa shape index (κ2) is 9.28. The van der Waals surface area contributed by atoms with Gasteiger partial charge >= 0.3 is 0 Å². The molecule has 0 bridgehead atoms. The lowest BCUT2D eigenvalue weighted by molar-refractivity contribution is 0.0927. The molecule has 0 radical (unpaired) electrons. The highest BCUT2D eigenvalue weighted by atomic mass is 79.9. The molecule has 1 aromatic carbocycles. The van der Waals surface area contributed by atoms with Crippen molar-refractivity contribution in [3.63, 3.8) is 0 Å². The Morgan fingerprint density at radius 1 is 1.09 bits per heavy atom. The zero-order chi connectivity index (χ0) is 16.7. The maximum Gasteiger partial charge on any atom is 0.251 e. The van der Waals surface area contributed by atoms with Crippen molar-refractivity contribution >= 4 is 27.5 Å². The Morgan fingerprint density at radius 2 is 1.74 bits per heavy atom. The standard InChI is InChI=1S/C17H23BrN2O.CH4O/c18-14-10-13(11-16(12-14)20-8-4-5-9-20)17(21)19-15-6-2-1-3-7-15;1-2/h10-12,15H,1-9H2,(H,19,21);2H,1H3. The number of hydrogen-bond acceptors (Lipinski definition) is 3. The molecule has 0 aromatic heterocycles. The highest BCUT2D eigenvalue weighted by molar-refractivity contribution is 9.10. The van der Waals surface area contributed by atoms with Crippen LogP contribution < -0.4 is 10.2 Å². The summed E-state index contributed by atoms with van der Waals surface area (Å²) >= 11 is 3.55. The highest BCUT2D eigenvalue weighted by Crippen LogP contribution is 2.26. The smallest absolute Gasteiger partial charge is 0.251 e. The molecule has 1 saturated heterocycles. The van der Waals surface area contributed by atoms with E-state index < -0.39 is 0 Å². The van der Waals surface area contributed by atoms with Gasteiger partial charge < -0.3 is 15.3 Å². The summed E-state index contributed by atoms with van der Waals surface area (Å²) in [6.07, 6.45) is 8.52. The summed E-state index contributed by atoms with van der Waals surface area (Å²) in [6, 6.07) is 6.44. The van der Waals surface area contributed by atoms with Gasteiger partial charge in [0.25, 0.3) is 5.91 Å². The van der Waals surface area contributed by atoms with E-state index in [1.54, 1.807) is 0 Å². The topological polar surface area (TPSA) is 52.6 Å². The van der Waals surface area contributed by atoms with Gasteiger partial charge in [-0.25, -0.2) is 0 Å². The van der Waals surface area contributed by atoms with Crippen molar-refractivity contribution < 1.29 is 9.90 Å². The fourth-order valence-electron chi connectivity index (χ4n) is 3.38. The molecule has 3 rings (SSSR count). The molecule has 1 heterocycles. The molecule has 1 amide bonds. The lowest BCUT2D eigenvalue weighted by Gasteiger charge is -2.23. The zero-order valence-electron chi connectivity index (χ0n) is 13.9. The molecule has 2 fully saturated rings. The molecule has 2 N–H and O–H groups in total. The van der Waals surface area contributed by atoms with Crippen LogP contribution in [0.4, 0.5) is 5.69 Å². The van der Waals surface area contributed by atoms with E-state index in [2.05, 4.69) is 32.2 Å². The average molecular weight is 383 g/mol.